The Kier molecular flexibility index (Phi) is 4.12. The fourth-order valence-corrected chi connectivity index (χ4v) is 2.08. The highest BCUT2D eigenvalue weighted by atomic mass is 16.5. The number of hydrogen-bond acceptors (Lipinski definition) is 3. The minimum absolute atomic E-state index is 0.157. The molecule has 0 aromatic heterocycles. The SMILES string of the molecule is CC(C(=O)O)N(C)C(=O)NC1CCOc2ccccc21. The summed E-state index contributed by atoms with van der Waals surface area (Å²) in [5, 5.41) is 11.8. The molecule has 0 spiro atoms. The van der Waals surface area contributed by atoms with Gasteiger partial charge in [-0.05, 0) is 13.0 Å². The topological polar surface area (TPSA) is 78.9 Å². The number of ether oxygens (including phenoxy) is 1. The molecule has 2 unspecified atom stereocenters. The smallest absolute Gasteiger partial charge is 0.326 e. The summed E-state index contributed by atoms with van der Waals surface area (Å²) in [5.74, 6) is -0.270. The molecule has 20 heavy (non-hydrogen) atoms. The van der Waals surface area contributed by atoms with Crippen LogP contribution < -0.4 is 10.1 Å². The molecule has 2 N–H and O–H groups in total. The fraction of sp³-hybridized carbons (Fsp3) is 0.429. The maximum absolute atomic E-state index is 12.1. The number of nitrogens with zero attached hydrogens (tertiary/aromatic N) is 1. The summed E-state index contributed by atoms with van der Waals surface area (Å²) in [6.07, 6.45) is 0.665. The molecule has 6 nitrogen and oxygen atoms in total. The van der Waals surface area contributed by atoms with Crippen LogP contribution in [0, 0.1) is 0 Å². The van der Waals surface area contributed by atoms with E-state index < -0.39 is 18.0 Å². The van der Waals surface area contributed by atoms with Gasteiger partial charge in [-0.15, -0.1) is 0 Å². The highest BCUT2D eigenvalue weighted by Gasteiger charge is 2.27. The molecule has 0 fully saturated rings. The van der Waals surface area contributed by atoms with Crippen LogP contribution >= 0.6 is 0 Å². The van der Waals surface area contributed by atoms with Crippen molar-refractivity contribution < 1.29 is 19.4 Å². The number of para-hydroxylation sites is 1. The molecule has 0 aliphatic carbocycles. The number of rotatable bonds is 3. The third-order valence-corrected chi connectivity index (χ3v) is 3.51. The Morgan fingerprint density at radius 2 is 2.15 bits per heavy atom. The summed E-state index contributed by atoms with van der Waals surface area (Å²) in [5.41, 5.74) is 0.920. The number of likely N-dealkylation sites (N-methyl/N-ethyl adjacent to an activating group) is 1. The molecule has 2 atom stereocenters. The summed E-state index contributed by atoms with van der Waals surface area (Å²) in [6, 6.07) is 6.09. The van der Waals surface area contributed by atoms with Gasteiger partial charge >= 0.3 is 12.0 Å². The zero-order valence-corrected chi connectivity index (χ0v) is 11.5. The molecule has 0 saturated heterocycles. The monoisotopic (exact) mass is 278 g/mol. The van der Waals surface area contributed by atoms with Gasteiger partial charge in [0.15, 0.2) is 0 Å². The van der Waals surface area contributed by atoms with Crippen molar-refractivity contribution in [1.82, 2.24) is 10.2 Å². The van der Waals surface area contributed by atoms with Gasteiger partial charge in [0.05, 0.1) is 12.6 Å². The molecular formula is C14H18N2O4. The van der Waals surface area contributed by atoms with Gasteiger partial charge in [-0.25, -0.2) is 9.59 Å². The molecule has 2 amide bonds. The molecule has 6 heteroatoms. The summed E-state index contributed by atoms with van der Waals surface area (Å²) >= 11 is 0. The molecule has 0 bridgehead atoms. The zero-order chi connectivity index (χ0) is 14.7. The minimum atomic E-state index is -1.03. The van der Waals surface area contributed by atoms with Crippen LogP contribution in [-0.2, 0) is 4.79 Å². The van der Waals surface area contributed by atoms with E-state index in [0.29, 0.717) is 13.0 Å². The second-order valence-corrected chi connectivity index (χ2v) is 4.80. The van der Waals surface area contributed by atoms with E-state index in [2.05, 4.69) is 5.32 Å². The second-order valence-electron chi connectivity index (χ2n) is 4.80. The normalized spacial score (nSPS) is 18.4. The lowest BCUT2D eigenvalue weighted by atomic mass is 10.0. The van der Waals surface area contributed by atoms with Gasteiger partial charge in [0.2, 0.25) is 0 Å². The average Bonchev–Trinajstić information content (AvgIpc) is 2.46. The molecule has 0 radical (unpaired) electrons. The maximum Gasteiger partial charge on any atom is 0.326 e. The van der Waals surface area contributed by atoms with Crippen LogP contribution in [0.1, 0.15) is 24.9 Å². The van der Waals surface area contributed by atoms with Crippen molar-refractivity contribution in [2.45, 2.75) is 25.4 Å². The molecule has 1 aromatic rings. The van der Waals surface area contributed by atoms with Crippen LogP contribution in [0.2, 0.25) is 0 Å². The molecule has 2 rings (SSSR count). The van der Waals surface area contributed by atoms with Gasteiger partial charge in [0.1, 0.15) is 11.8 Å². The van der Waals surface area contributed by atoms with Crippen LogP contribution in [0.5, 0.6) is 5.75 Å². The number of nitrogens with one attached hydrogen (secondary N) is 1. The van der Waals surface area contributed by atoms with Crippen molar-refractivity contribution in [2.75, 3.05) is 13.7 Å². The van der Waals surface area contributed by atoms with E-state index >= 15 is 0 Å². The third-order valence-electron chi connectivity index (χ3n) is 3.51. The molecular weight excluding hydrogens is 260 g/mol. The Labute approximate surface area is 117 Å². The molecule has 108 valence electrons. The van der Waals surface area contributed by atoms with Crippen molar-refractivity contribution in [3.05, 3.63) is 29.8 Å². The van der Waals surface area contributed by atoms with Crippen LogP contribution in [0.4, 0.5) is 4.79 Å². The van der Waals surface area contributed by atoms with Gasteiger partial charge < -0.3 is 20.1 Å². The number of fused-ring (bicyclic) bond motifs is 1. The van der Waals surface area contributed by atoms with Crippen molar-refractivity contribution in [3.63, 3.8) is 0 Å². The molecule has 1 aliphatic heterocycles. The van der Waals surface area contributed by atoms with E-state index in [1.54, 1.807) is 0 Å². The van der Waals surface area contributed by atoms with Gasteiger partial charge in [-0.2, -0.15) is 0 Å². The molecule has 1 heterocycles. The predicted octanol–water partition coefficient (Wildman–Crippen LogP) is 1.62. The third kappa shape index (κ3) is 2.84. The number of carboxylic acids is 1. The van der Waals surface area contributed by atoms with Crippen LogP contribution in [0.3, 0.4) is 0 Å². The first-order valence-corrected chi connectivity index (χ1v) is 6.48. The highest BCUT2D eigenvalue weighted by Crippen LogP contribution is 2.31. The van der Waals surface area contributed by atoms with Crippen molar-refractivity contribution in [2.24, 2.45) is 0 Å². The summed E-state index contributed by atoms with van der Waals surface area (Å²) in [6.45, 7) is 2.00. The Morgan fingerprint density at radius 3 is 2.85 bits per heavy atom. The summed E-state index contributed by atoms with van der Waals surface area (Å²) < 4.78 is 5.52. The van der Waals surface area contributed by atoms with E-state index in [0.717, 1.165) is 11.3 Å². The minimum Gasteiger partial charge on any atom is -0.493 e. The van der Waals surface area contributed by atoms with Gasteiger partial charge in [-0.1, -0.05) is 18.2 Å². The predicted molar refractivity (Wildman–Crippen MR) is 72.7 cm³/mol. The van der Waals surface area contributed by atoms with Gasteiger partial charge in [-0.3, -0.25) is 0 Å². The first-order valence-electron chi connectivity index (χ1n) is 6.48. The van der Waals surface area contributed by atoms with Crippen molar-refractivity contribution in [3.8, 4) is 5.75 Å². The number of urea groups is 1. The standard InChI is InChI=1S/C14H18N2O4/c1-9(13(17)18)16(2)14(19)15-11-7-8-20-12-6-4-3-5-10(11)12/h3-6,9,11H,7-8H2,1-2H3,(H,15,19)(H,17,18). The van der Waals surface area contributed by atoms with Crippen LogP contribution in [0.25, 0.3) is 0 Å². The number of aliphatic carboxylic acids is 1. The molecule has 1 aliphatic rings. The van der Waals surface area contributed by atoms with Gasteiger partial charge in [0, 0.05) is 19.0 Å². The Balaban J connectivity index is 2.08. The van der Waals surface area contributed by atoms with Crippen LogP contribution in [0.15, 0.2) is 24.3 Å². The van der Waals surface area contributed by atoms with E-state index in [1.807, 2.05) is 24.3 Å². The first kappa shape index (κ1) is 14.2. The molecule has 0 saturated carbocycles. The lowest BCUT2D eigenvalue weighted by Crippen LogP contribution is -2.47. The Morgan fingerprint density at radius 1 is 1.45 bits per heavy atom. The Bertz CT molecular complexity index is 518. The highest BCUT2D eigenvalue weighted by molar-refractivity contribution is 5.82. The summed E-state index contributed by atoms with van der Waals surface area (Å²) in [4.78, 5) is 24.2. The first-order chi connectivity index (χ1) is 9.50. The number of benzene rings is 1. The van der Waals surface area contributed by atoms with E-state index in [1.165, 1.54) is 18.9 Å². The number of carbonyl (C=O) groups is 2. The van der Waals surface area contributed by atoms with Crippen molar-refractivity contribution >= 4 is 12.0 Å². The van der Waals surface area contributed by atoms with Crippen molar-refractivity contribution in [1.29, 1.82) is 0 Å². The Hall–Kier alpha value is -2.24. The maximum atomic E-state index is 12.1. The number of amides is 2. The molecule has 1 aromatic carbocycles. The quantitative estimate of drug-likeness (QED) is 0.880. The van der Waals surface area contributed by atoms with E-state index in [-0.39, 0.29) is 6.04 Å². The second kappa shape index (κ2) is 5.81. The van der Waals surface area contributed by atoms with E-state index in [9.17, 15) is 9.59 Å². The summed E-state index contributed by atoms with van der Waals surface area (Å²) in [7, 11) is 1.47. The number of hydrogen-bond donors (Lipinski definition) is 2. The average molecular weight is 278 g/mol. The lowest BCUT2D eigenvalue weighted by Gasteiger charge is -2.29. The number of carboxylic acid groups (broad SMARTS) is 1. The number of carbonyl (C=O) groups excluding carboxylic acids is 1. The largest absolute Gasteiger partial charge is 0.493 e. The lowest BCUT2D eigenvalue weighted by molar-refractivity contribution is -0.141. The fourth-order valence-electron chi connectivity index (χ4n) is 2.08. The van der Waals surface area contributed by atoms with Gasteiger partial charge in [0.25, 0.3) is 0 Å². The van der Waals surface area contributed by atoms with Crippen LogP contribution in [-0.4, -0.2) is 41.7 Å². The zero-order valence-electron chi connectivity index (χ0n) is 11.5. The van der Waals surface area contributed by atoms with E-state index in [4.69, 9.17) is 9.84 Å².